The first kappa shape index (κ1) is 21.3. The summed E-state index contributed by atoms with van der Waals surface area (Å²) in [6.07, 6.45) is -3.54. The predicted molar refractivity (Wildman–Crippen MR) is 105 cm³/mol. The quantitative estimate of drug-likeness (QED) is 0.643. The molecule has 30 heavy (non-hydrogen) atoms. The van der Waals surface area contributed by atoms with Crippen molar-refractivity contribution in [3.8, 4) is 11.5 Å². The van der Waals surface area contributed by atoms with E-state index in [-0.39, 0.29) is 11.6 Å². The Kier molecular flexibility index (Phi) is 5.40. The fraction of sp³-hybridized carbons (Fsp3) is 0.400. The minimum absolute atomic E-state index is 0.114. The van der Waals surface area contributed by atoms with Crippen molar-refractivity contribution < 1.29 is 31.1 Å². The van der Waals surface area contributed by atoms with Gasteiger partial charge in [-0.15, -0.1) is 0 Å². The molecule has 10 heteroatoms. The minimum atomic E-state index is -4.68. The van der Waals surface area contributed by atoms with Gasteiger partial charge in [-0.25, -0.2) is 8.42 Å². The van der Waals surface area contributed by atoms with Crippen LogP contribution in [0.3, 0.4) is 0 Å². The molecule has 2 aromatic rings. The van der Waals surface area contributed by atoms with Gasteiger partial charge in [-0.1, -0.05) is 11.6 Å². The monoisotopic (exact) mass is 461 g/mol. The van der Waals surface area contributed by atoms with E-state index in [1.165, 1.54) is 4.31 Å². The van der Waals surface area contributed by atoms with Gasteiger partial charge in [0.05, 0.1) is 23.8 Å². The third-order valence-electron chi connectivity index (χ3n) is 5.34. The van der Waals surface area contributed by atoms with E-state index in [4.69, 9.17) is 21.1 Å². The van der Waals surface area contributed by atoms with E-state index in [0.29, 0.717) is 37.2 Å². The van der Waals surface area contributed by atoms with Crippen LogP contribution in [0.1, 0.15) is 36.1 Å². The minimum Gasteiger partial charge on any atom is -0.490 e. The van der Waals surface area contributed by atoms with Gasteiger partial charge in [-0.2, -0.15) is 17.5 Å². The lowest BCUT2D eigenvalue weighted by atomic mass is 9.94. The van der Waals surface area contributed by atoms with E-state index in [2.05, 4.69) is 0 Å². The number of sulfonamides is 1. The number of nitrogens with zero attached hydrogens (tertiary/aromatic N) is 1. The first-order valence-corrected chi connectivity index (χ1v) is 11.2. The van der Waals surface area contributed by atoms with Crippen LogP contribution in [0.2, 0.25) is 5.02 Å². The highest BCUT2D eigenvalue weighted by molar-refractivity contribution is 7.89. The molecule has 5 nitrogen and oxygen atoms in total. The molecule has 0 aromatic heterocycles. The van der Waals surface area contributed by atoms with Crippen LogP contribution >= 0.6 is 11.6 Å². The Morgan fingerprint density at radius 1 is 1.10 bits per heavy atom. The number of hydrogen-bond donors (Lipinski definition) is 0. The van der Waals surface area contributed by atoms with Crippen LogP contribution in [0.25, 0.3) is 0 Å². The average Bonchev–Trinajstić information content (AvgIpc) is 2.91. The molecule has 0 radical (unpaired) electrons. The summed E-state index contributed by atoms with van der Waals surface area (Å²) in [6.45, 7) is 2.83. The van der Waals surface area contributed by atoms with Gasteiger partial charge in [0, 0.05) is 19.0 Å². The van der Waals surface area contributed by atoms with Gasteiger partial charge in [0.1, 0.15) is 4.90 Å². The summed E-state index contributed by atoms with van der Waals surface area (Å²) in [7, 11) is -4.27. The highest BCUT2D eigenvalue weighted by Crippen LogP contribution is 2.42. The molecule has 4 rings (SSSR count). The second-order valence-electron chi connectivity index (χ2n) is 7.23. The SMILES string of the molecule is C[C@H]1c2cc3c(cc2CCN1S(=O)(=O)c1cc(C(F)(F)F)ccc1Cl)OCCCO3. The fourth-order valence-corrected chi connectivity index (χ4v) is 5.90. The average molecular weight is 462 g/mol. The second kappa shape index (κ2) is 7.62. The van der Waals surface area contributed by atoms with Gasteiger partial charge in [0.15, 0.2) is 11.5 Å². The van der Waals surface area contributed by atoms with E-state index in [9.17, 15) is 21.6 Å². The number of fused-ring (bicyclic) bond motifs is 2. The zero-order valence-electron chi connectivity index (χ0n) is 16.0. The van der Waals surface area contributed by atoms with Gasteiger partial charge in [0.2, 0.25) is 10.0 Å². The van der Waals surface area contributed by atoms with Crippen molar-refractivity contribution in [2.75, 3.05) is 19.8 Å². The van der Waals surface area contributed by atoms with Crippen molar-refractivity contribution in [2.45, 2.75) is 36.9 Å². The Bertz CT molecular complexity index is 1090. The van der Waals surface area contributed by atoms with E-state index >= 15 is 0 Å². The molecule has 0 saturated carbocycles. The lowest BCUT2D eigenvalue weighted by Gasteiger charge is -2.35. The summed E-state index contributed by atoms with van der Waals surface area (Å²) < 4.78 is 78.5. The first-order chi connectivity index (χ1) is 14.1. The molecule has 2 aromatic carbocycles. The highest BCUT2D eigenvalue weighted by atomic mass is 35.5. The zero-order valence-corrected chi connectivity index (χ0v) is 17.6. The number of hydrogen-bond acceptors (Lipinski definition) is 4. The molecule has 0 spiro atoms. The molecule has 0 unspecified atom stereocenters. The number of alkyl halides is 3. The summed E-state index contributed by atoms with van der Waals surface area (Å²) in [4.78, 5) is -0.552. The summed E-state index contributed by atoms with van der Waals surface area (Å²) in [5.41, 5.74) is 0.594. The van der Waals surface area contributed by atoms with E-state index in [0.717, 1.165) is 29.7 Å². The van der Waals surface area contributed by atoms with Gasteiger partial charge in [-0.05, 0) is 54.8 Å². The second-order valence-corrected chi connectivity index (χ2v) is 9.50. The van der Waals surface area contributed by atoms with Crippen LogP contribution in [0.4, 0.5) is 13.2 Å². The summed E-state index contributed by atoms with van der Waals surface area (Å²) >= 11 is 6.00. The third kappa shape index (κ3) is 3.74. The van der Waals surface area contributed by atoms with Crippen molar-refractivity contribution in [3.63, 3.8) is 0 Å². The van der Waals surface area contributed by atoms with Crippen LogP contribution in [0.15, 0.2) is 35.2 Å². The molecule has 0 amide bonds. The third-order valence-corrected chi connectivity index (χ3v) is 7.79. The molecule has 0 aliphatic carbocycles. The van der Waals surface area contributed by atoms with E-state index < -0.39 is 32.7 Å². The molecule has 0 fully saturated rings. The van der Waals surface area contributed by atoms with Gasteiger partial charge < -0.3 is 9.47 Å². The van der Waals surface area contributed by atoms with Crippen molar-refractivity contribution in [2.24, 2.45) is 0 Å². The molecule has 0 N–H and O–H groups in total. The van der Waals surface area contributed by atoms with E-state index in [1.807, 2.05) is 6.07 Å². The maximum absolute atomic E-state index is 13.3. The Labute approximate surface area is 177 Å². The van der Waals surface area contributed by atoms with E-state index in [1.54, 1.807) is 13.0 Å². The van der Waals surface area contributed by atoms with Crippen LogP contribution in [-0.2, 0) is 22.6 Å². The zero-order chi connectivity index (χ0) is 21.7. The van der Waals surface area contributed by atoms with Crippen LogP contribution in [-0.4, -0.2) is 32.5 Å². The summed E-state index contributed by atoms with van der Waals surface area (Å²) in [5.74, 6) is 1.16. The normalized spacial score (nSPS) is 19.8. The topological polar surface area (TPSA) is 55.8 Å². The van der Waals surface area contributed by atoms with Crippen molar-refractivity contribution in [1.82, 2.24) is 4.31 Å². The fourth-order valence-electron chi connectivity index (χ4n) is 3.78. The number of ether oxygens (including phenoxy) is 2. The largest absolute Gasteiger partial charge is 0.490 e. The van der Waals surface area contributed by atoms with Gasteiger partial charge >= 0.3 is 6.18 Å². The number of halogens is 4. The Morgan fingerprint density at radius 2 is 1.77 bits per heavy atom. The lowest BCUT2D eigenvalue weighted by molar-refractivity contribution is -0.137. The molecular weight excluding hydrogens is 443 g/mol. The van der Waals surface area contributed by atoms with Crippen LogP contribution < -0.4 is 9.47 Å². The Balaban J connectivity index is 1.73. The maximum Gasteiger partial charge on any atom is 0.416 e. The molecule has 162 valence electrons. The molecule has 2 heterocycles. The smallest absolute Gasteiger partial charge is 0.416 e. The van der Waals surface area contributed by atoms with Gasteiger partial charge in [0.25, 0.3) is 0 Å². The molecule has 0 bridgehead atoms. The van der Waals surface area contributed by atoms with Crippen LogP contribution in [0, 0.1) is 0 Å². The Hall–Kier alpha value is -1.97. The molecule has 1 atom stereocenters. The number of rotatable bonds is 2. The standard InChI is InChI=1S/C20H19ClF3NO4S/c1-12-15-11-18-17(28-7-2-8-29-18)9-13(15)5-6-25(12)30(26,27)19-10-14(20(22,23)24)3-4-16(19)21/h3-4,9-12H,2,5-8H2,1H3/t12-/m0/s1. The summed E-state index contributed by atoms with van der Waals surface area (Å²) in [5, 5.41) is -0.250. The van der Waals surface area contributed by atoms with Crippen molar-refractivity contribution in [1.29, 1.82) is 0 Å². The maximum atomic E-state index is 13.3. The van der Waals surface area contributed by atoms with Crippen LogP contribution in [0.5, 0.6) is 11.5 Å². The molecule has 2 aliphatic rings. The molecule has 2 aliphatic heterocycles. The molecule has 0 saturated heterocycles. The lowest BCUT2D eigenvalue weighted by Crippen LogP contribution is -2.39. The Morgan fingerprint density at radius 3 is 2.43 bits per heavy atom. The van der Waals surface area contributed by atoms with Crippen molar-refractivity contribution in [3.05, 3.63) is 52.0 Å². The first-order valence-electron chi connectivity index (χ1n) is 9.40. The molecular formula is C20H19ClF3NO4S. The van der Waals surface area contributed by atoms with Gasteiger partial charge in [-0.3, -0.25) is 0 Å². The highest BCUT2D eigenvalue weighted by Gasteiger charge is 2.38. The van der Waals surface area contributed by atoms with Crippen molar-refractivity contribution >= 4 is 21.6 Å². The summed E-state index contributed by atoms with van der Waals surface area (Å²) in [6, 6.07) is 5.33. The number of benzene rings is 2. The predicted octanol–water partition coefficient (Wildman–Crippen LogP) is 4.83.